The molecule has 0 radical (unpaired) electrons. The van der Waals surface area contributed by atoms with Gasteiger partial charge >= 0.3 is 6.16 Å². The van der Waals surface area contributed by atoms with Gasteiger partial charge in [0.2, 0.25) is 0 Å². The smallest absolute Gasteiger partial charge is 0.427 e. The maximum Gasteiger partial charge on any atom is 0.528 e. The van der Waals surface area contributed by atoms with Crippen LogP contribution in [0.4, 0.5) is 10.5 Å². The van der Waals surface area contributed by atoms with Crippen molar-refractivity contribution < 1.29 is 14.4 Å². The molecule has 7 heteroatoms. The zero-order chi connectivity index (χ0) is 25.5. The van der Waals surface area contributed by atoms with Gasteiger partial charge in [-0.25, -0.2) is 9.78 Å². The average molecular weight is 504 g/mol. The number of carbonyl (C=O) groups is 1. The van der Waals surface area contributed by atoms with E-state index in [-0.39, 0.29) is 6.04 Å². The van der Waals surface area contributed by atoms with Gasteiger partial charge in [0, 0.05) is 41.1 Å². The third-order valence-corrected chi connectivity index (χ3v) is 5.86. The standard InChI is InChI=1S/C29H30ClN3O3/c1-29(2,3)35-28(34)36-33-18-4-5-27(33)20-32-25-14-6-21(7-15-25)8-16-26-17-11-23(19-31-26)22-9-12-24(30)13-10-22/h6-7,9-15,17,19,27,32H,4-5,18,20H2,1-3H3/t27-/m0/s1. The van der Waals surface area contributed by atoms with Crippen molar-refractivity contribution in [3.63, 3.8) is 0 Å². The largest absolute Gasteiger partial charge is 0.528 e. The van der Waals surface area contributed by atoms with E-state index in [1.165, 1.54) is 0 Å². The number of rotatable bonds is 5. The fraction of sp³-hybridized carbons (Fsp3) is 0.310. The molecule has 0 bridgehead atoms. The molecule has 4 rings (SSSR count). The molecule has 0 saturated carbocycles. The average Bonchev–Trinajstić information content (AvgIpc) is 3.28. The lowest BCUT2D eigenvalue weighted by Gasteiger charge is -2.25. The summed E-state index contributed by atoms with van der Waals surface area (Å²) >= 11 is 5.96. The molecule has 2 heterocycles. The Balaban J connectivity index is 1.29. The number of hydrogen-bond acceptors (Lipinski definition) is 6. The molecule has 1 fully saturated rings. The van der Waals surface area contributed by atoms with Crippen LogP contribution in [0.5, 0.6) is 0 Å². The Labute approximate surface area is 217 Å². The number of anilines is 1. The van der Waals surface area contributed by atoms with Crippen molar-refractivity contribution >= 4 is 23.4 Å². The molecule has 36 heavy (non-hydrogen) atoms. The first-order chi connectivity index (χ1) is 17.2. The predicted octanol–water partition coefficient (Wildman–Crippen LogP) is 6.54. The predicted molar refractivity (Wildman–Crippen MR) is 143 cm³/mol. The molecule has 1 aliphatic heterocycles. The summed E-state index contributed by atoms with van der Waals surface area (Å²) in [5.74, 6) is 6.28. The van der Waals surface area contributed by atoms with Crippen LogP contribution >= 0.6 is 11.6 Å². The first kappa shape index (κ1) is 25.6. The van der Waals surface area contributed by atoms with Crippen LogP contribution in [0.15, 0.2) is 66.9 Å². The summed E-state index contributed by atoms with van der Waals surface area (Å²) in [5.41, 5.74) is 4.10. The molecule has 0 spiro atoms. The van der Waals surface area contributed by atoms with Crippen LogP contribution in [0.3, 0.4) is 0 Å². The Hall–Kier alpha value is -3.53. The van der Waals surface area contributed by atoms with E-state index in [1.54, 1.807) is 5.06 Å². The van der Waals surface area contributed by atoms with Crippen molar-refractivity contribution in [1.82, 2.24) is 10.0 Å². The fourth-order valence-corrected chi connectivity index (χ4v) is 3.95. The van der Waals surface area contributed by atoms with Gasteiger partial charge in [-0.1, -0.05) is 35.7 Å². The van der Waals surface area contributed by atoms with Gasteiger partial charge in [0.25, 0.3) is 0 Å². The van der Waals surface area contributed by atoms with Crippen LogP contribution < -0.4 is 5.32 Å². The molecule has 1 aromatic heterocycles. The highest BCUT2D eigenvalue weighted by molar-refractivity contribution is 6.30. The molecule has 1 N–H and O–H groups in total. The van der Waals surface area contributed by atoms with E-state index in [0.717, 1.165) is 35.2 Å². The minimum atomic E-state index is -0.661. The van der Waals surface area contributed by atoms with Gasteiger partial charge in [-0.15, -0.1) is 5.06 Å². The van der Waals surface area contributed by atoms with Crippen LogP contribution in [0.2, 0.25) is 5.02 Å². The first-order valence-corrected chi connectivity index (χ1v) is 12.4. The summed E-state index contributed by atoms with van der Waals surface area (Å²) in [6, 6.07) is 19.6. The van der Waals surface area contributed by atoms with Gasteiger partial charge in [-0.3, -0.25) is 0 Å². The van der Waals surface area contributed by atoms with Crippen molar-refractivity contribution in [3.05, 3.63) is 83.1 Å². The van der Waals surface area contributed by atoms with Crippen LogP contribution in [0, 0.1) is 11.8 Å². The molecule has 2 aromatic carbocycles. The molecule has 0 aliphatic carbocycles. The summed E-state index contributed by atoms with van der Waals surface area (Å²) < 4.78 is 5.26. The number of aromatic nitrogens is 1. The molecular weight excluding hydrogens is 474 g/mol. The molecule has 1 atom stereocenters. The molecule has 0 amide bonds. The van der Waals surface area contributed by atoms with E-state index >= 15 is 0 Å². The number of hydrogen-bond donors (Lipinski definition) is 1. The summed E-state index contributed by atoms with van der Waals surface area (Å²) in [6.07, 6.45) is 3.08. The second-order valence-corrected chi connectivity index (χ2v) is 10.1. The minimum absolute atomic E-state index is 0.0962. The zero-order valence-corrected chi connectivity index (χ0v) is 21.5. The molecular formula is C29H30ClN3O3. The second-order valence-electron chi connectivity index (χ2n) is 9.64. The van der Waals surface area contributed by atoms with Crippen molar-refractivity contribution in [2.75, 3.05) is 18.4 Å². The highest BCUT2D eigenvalue weighted by Crippen LogP contribution is 2.22. The van der Waals surface area contributed by atoms with Gasteiger partial charge in [0.05, 0.1) is 6.04 Å². The van der Waals surface area contributed by atoms with E-state index in [9.17, 15) is 4.79 Å². The molecule has 3 aromatic rings. The maximum absolute atomic E-state index is 12.0. The lowest BCUT2D eigenvalue weighted by atomic mass is 10.1. The number of benzene rings is 2. The number of nitrogens with zero attached hydrogens (tertiary/aromatic N) is 2. The summed E-state index contributed by atoms with van der Waals surface area (Å²) in [6.45, 7) is 6.83. The number of hydroxylamine groups is 2. The third kappa shape index (κ3) is 7.48. The molecule has 0 unspecified atom stereocenters. The van der Waals surface area contributed by atoms with E-state index in [1.807, 2.05) is 87.6 Å². The Kier molecular flexibility index (Phi) is 8.14. The number of halogens is 1. The van der Waals surface area contributed by atoms with Crippen LogP contribution in [-0.4, -0.2) is 40.9 Å². The van der Waals surface area contributed by atoms with Crippen LogP contribution in [-0.2, 0) is 9.57 Å². The summed E-state index contributed by atoms with van der Waals surface area (Å²) in [4.78, 5) is 21.9. The number of pyridine rings is 1. The van der Waals surface area contributed by atoms with Gasteiger partial charge < -0.3 is 14.9 Å². The topological polar surface area (TPSA) is 63.7 Å². The minimum Gasteiger partial charge on any atom is -0.427 e. The van der Waals surface area contributed by atoms with Gasteiger partial charge in [-0.05, 0) is 87.6 Å². The maximum atomic E-state index is 12.0. The van der Waals surface area contributed by atoms with Crippen LogP contribution in [0.25, 0.3) is 11.1 Å². The number of carbonyl (C=O) groups excluding carboxylic acids is 1. The Morgan fingerprint density at radius 1 is 1.06 bits per heavy atom. The second kappa shape index (κ2) is 11.5. The number of ether oxygens (including phenoxy) is 1. The quantitative estimate of drug-likeness (QED) is 0.315. The van der Waals surface area contributed by atoms with E-state index in [0.29, 0.717) is 23.8 Å². The summed E-state index contributed by atoms with van der Waals surface area (Å²) in [7, 11) is 0. The summed E-state index contributed by atoms with van der Waals surface area (Å²) in [5, 5.41) is 5.85. The van der Waals surface area contributed by atoms with Crippen molar-refractivity contribution in [2.24, 2.45) is 0 Å². The monoisotopic (exact) mass is 503 g/mol. The van der Waals surface area contributed by atoms with Gasteiger partial charge in [0.15, 0.2) is 0 Å². The number of nitrogens with one attached hydrogen (secondary N) is 1. The van der Waals surface area contributed by atoms with Gasteiger partial charge in [-0.2, -0.15) is 0 Å². The highest BCUT2D eigenvalue weighted by Gasteiger charge is 2.29. The fourth-order valence-electron chi connectivity index (χ4n) is 3.82. The van der Waals surface area contributed by atoms with E-state index in [2.05, 4.69) is 22.1 Å². The van der Waals surface area contributed by atoms with Crippen molar-refractivity contribution in [2.45, 2.75) is 45.3 Å². The lowest BCUT2D eigenvalue weighted by molar-refractivity contribution is -0.148. The molecule has 6 nitrogen and oxygen atoms in total. The normalized spacial score (nSPS) is 15.6. The van der Waals surface area contributed by atoms with Gasteiger partial charge in [0.1, 0.15) is 11.3 Å². The zero-order valence-electron chi connectivity index (χ0n) is 20.8. The SMILES string of the molecule is CC(C)(C)OC(=O)ON1CCC[C@H]1CNc1ccc(C#Cc2ccc(-c3ccc(Cl)cc3)cn2)cc1. The third-order valence-electron chi connectivity index (χ3n) is 5.61. The van der Waals surface area contributed by atoms with Crippen molar-refractivity contribution in [3.8, 4) is 23.0 Å². The lowest BCUT2D eigenvalue weighted by Crippen LogP contribution is -2.38. The first-order valence-electron chi connectivity index (χ1n) is 12.0. The van der Waals surface area contributed by atoms with E-state index < -0.39 is 11.8 Å². The highest BCUT2D eigenvalue weighted by atomic mass is 35.5. The molecule has 1 aliphatic rings. The van der Waals surface area contributed by atoms with E-state index in [4.69, 9.17) is 21.2 Å². The van der Waals surface area contributed by atoms with Crippen molar-refractivity contribution in [1.29, 1.82) is 0 Å². The Morgan fingerprint density at radius 2 is 1.78 bits per heavy atom. The molecule has 186 valence electrons. The Bertz CT molecular complexity index is 1220. The van der Waals surface area contributed by atoms with Crippen LogP contribution in [0.1, 0.15) is 44.9 Å². The Morgan fingerprint density at radius 3 is 2.44 bits per heavy atom. The molecule has 1 saturated heterocycles.